The average molecular weight is 349 g/mol. The minimum Gasteiger partial charge on any atom is -0.461 e. The van der Waals surface area contributed by atoms with Crippen LogP contribution in [0, 0.1) is 0 Å². The Morgan fingerprint density at radius 3 is 2.44 bits per heavy atom. The van der Waals surface area contributed by atoms with E-state index >= 15 is 0 Å². The van der Waals surface area contributed by atoms with Crippen molar-refractivity contribution in [3.05, 3.63) is 44.5 Å². The zero-order valence-corrected chi connectivity index (χ0v) is 12.8. The Morgan fingerprint density at radius 1 is 1.28 bits per heavy atom. The van der Waals surface area contributed by atoms with Crippen molar-refractivity contribution in [2.75, 3.05) is 0 Å². The Hall–Kier alpha value is -0.480. The van der Waals surface area contributed by atoms with Crippen LogP contribution in [0.25, 0.3) is 11.3 Å². The molecule has 0 aliphatic carbocycles. The van der Waals surface area contributed by atoms with Gasteiger partial charge in [0, 0.05) is 16.9 Å². The lowest BCUT2D eigenvalue weighted by molar-refractivity contribution is 0.503. The highest BCUT2D eigenvalue weighted by atomic mass is 79.9. The first-order valence-corrected chi connectivity index (χ1v) is 7.01. The molecule has 0 saturated heterocycles. The Labute approximate surface area is 124 Å². The Kier molecular flexibility index (Phi) is 4.38. The van der Waals surface area contributed by atoms with Crippen molar-refractivity contribution in [1.29, 1.82) is 0 Å². The number of furan rings is 1. The van der Waals surface area contributed by atoms with Crippen LogP contribution in [0.2, 0.25) is 10.0 Å². The van der Waals surface area contributed by atoms with E-state index in [9.17, 15) is 0 Å². The molecule has 1 aromatic heterocycles. The maximum atomic E-state index is 6.19. The molecular formula is C13H12BrCl2NO. The molecule has 2 N–H and O–H groups in total. The van der Waals surface area contributed by atoms with Gasteiger partial charge in [0.25, 0.3) is 0 Å². The summed E-state index contributed by atoms with van der Waals surface area (Å²) in [6.45, 7) is 1.93. The molecule has 2 nitrogen and oxygen atoms in total. The maximum Gasteiger partial charge on any atom is 0.137 e. The van der Waals surface area contributed by atoms with Gasteiger partial charge < -0.3 is 10.2 Å². The summed E-state index contributed by atoms with van der Waals surface area (Å²) < 4.78 is 6.55. The van der Waals surface area contributed by atoms with Crippen molar-refractivity contribution in [2.45, 2.75) is 19.4 Å². The van der Waals surface area contributed by atoms with E-state index in [2.05, 4.69) is 15.9 Å². The van der Waals surface area contributed by atoms with Gasteiger partial charge in [-0.25, -0.2) is 0 Å². The number of hydrogen-bond acceptors (Lipinski definition) is 2. The number of rotatable bonds is 3. The van der Waals surface area contributed by atoms with Gasteiger partial charge in [0.1, 0.15) is 11.5 Å². The predicted octanol–water partition coefficient (Wildman–Crippen LogP) is 4.91. The van der Waals surface area contributed by atoms with Crippen molar-refractivity contribution in [3.63, 3.8) is 0 Å². The fraction of sp³-hybridized carbons (Fsp3) is 0.231. The lowest BCUT2D eigenvalue weighted by atomic mass is 10.2. The lowest BCUT2D eigenvalue weighted by Crippen LogP contribution is -2.17. The summed E-state index contributed by atoms with van der Waals surface area (Å²) in [7, 11) is 0. The van der Waals surface area contributed by atoms with E-state index in [1.165, 1.54) is 0 Å². The fourth-order valence-corrected chi connectivity index (χ4v) is 3.11. The summed E-state index contributed by atoms with van der Waals surface area (Å²) in [5.41, 5.74) is 6.44. The van der Waals surface area contributed by atoms with Gasteiger partial charge in [0.15, 0.2) is 0 Å². The molecule has 0 saturated carbocycles. The third-order valence-electron chi connectivity index (χ3n) is 2.44. The van der Waals surface area contributed by atoms with Gasteiger partial charge in [-0.3, -0.25) is 0 Å². The number of benzene rings is 1. The third-order valence-corrected chi connectivity index (χ3v) is 3.49. The van der Waals surface area contributed by atoms with E-state index in [-0.39, 0.29) is 6.04 Å². The maximum absolute atomic E-state index is 6.19. The van der Waals surface area contributed by atoms with Crippen LogP contribution < -0.4 is 5.73 Å². The molecule has 96 valence electrons. The second kappa shape index (κ2) is 5.66. The Morgan fingerprint density at radius 2 is 1.89 bits per heavy atom. The highest BCUT2D eigenvalue weighted by Crippen LogP contribution is 2.38. The van der Waals surface area contributed by atoms with Gasteiger partial charge in [-0.05, 0) is 31.2 Å². The number of nitrogens with two attached hydrogens (primary N) is 1. The van der Waals surface area contributed by atoms with E-state index in [4.69, 9.17) is 33.4 Å². The summed E-state index contributed by atoms with van der Waals surface area (Å²) in [5.74, 6) is 1.49. The van der Waals surface area contributed by atoms with Crippen LogP contribution in [0.3, 0.4) is 0 Å². The third kappa shape index (κ3) is 3.09. The summed E-state index contributed by atoms with van der Waals surface area (Å²) in [6, 6.07) is 7.39. The van der Waals surface area contributed by atoms with E-state index in [0.717, 1.165) is 10.2 Å². The van der Waals surface area contributed by atoms with Gasteiger partial charge in [-0.2, -0.15) is 0 Å². The largest absolute Gasteiger partial charge is 0.461 e. The fourth-order valence-electron chi connectivity index (χ4n) is 1.72. The van der Waals surface area contributed by atoms with Crippen molar-refractivity contribution in [1.82, 2.24) is 0 Å². The molecule has 0 radical (unpaired) electrons. The van der Waals surface area contributed by atoms with Crippen molar-refractivity contribution in [3.8, 4) is 11.3 Å². The first-order chi connectivity index (χ1) is 8.47. The molecule has 2 aromatic rings. The van der Waals surface area contributed by atoms with Crippen LogP contribution in [0.5, 0.6) is 0 Å². The summed E-state index contributed by atoms with van der Waals surface area (Å²) in [4.78, 5) is 0. The minimum absolute atomic E-state index is 0.0554. The van der Waals surface area contributed by atoms with E-state index in [1.54, 1.807) is 12.1 Å². The highest BCUT2D eigenvalue weighted by Gasteiger charge is 2.14. The quantitative estimate of drug-likeness (QED) is 0.856. The van der Waals surface area contributed by atoms with Crippen LogP contribution in [0.15, 0.2) is 33.2 Å². The van der Waals surface area contributed by atoms with Gasteiger partial charge in [-0.1, -0.05) is 39.1 Å². The van der Waals surface area contributed by atoms with Crippen LogP contribution in [-0.2, 0) is 6.42 Å². The van der Waals surface area contributed by atoms with Crippen LogP contribution in [0.1, 0.15) is 12.7 Å². The van der Waals surface area contributed by atoms with Crippen molar-refractivity contribution < 1.29 is 4.42 Å². The first kappa shape index (κ1) is 13.9. The lowest BCUT2D eigenvalue weighted by Gasteiger charge is -2.05. The topological polar surface area (TPSA) is 39.2 Å². The number of halogens is 3. The summed E-state index contributed by atoms with van der Waals surface area (Å²) in [5, 5.41) is 1.10. The predicted molar refractivity (Wildman–Crippen MR) is 79.2 cm³/mol. The smallest absolute Gasteiger partial charge is 0.137 e. The van der Waals surface area contributed by atoms with Gasteiger partial charge in [-0.15, -0.1) is 0 Å². The van der Waals surface area contributed by atoms with Gasteiger partial charge in [0.05, 0.1) is 15.6 Å². The molecule has 0 fully saturated rings. The molecule has 0 amide bonds. The van der Waals surface area contributed by atoms with Gasteiger partial charge in [0.2, 0.25) is 0 Å². The van der Waals surface area contributed by atoms with Crippen molar-refractivity contribution >= 4 is 39.1 Å². The first-order valence-electron chi connectivity index (χ1n) is 5.46. The Balaban J connectivity index is 2.40. The second-order valence-corrected chi connectivity index (χ2v) is 5.92. The van der Waals surface area contributed by atoms with Crippen LogP contribution in [0.4, 0.5) is 0 Å². The standard InChI is InChI=1S/C13H12BrCl2NO/c1-7(17)4-9-2-3-12(18-9)13-10(15)5-8(14)6-11(13)16/h2-3,5-7H,4,17H2,1H3. The molecule has 1 unspecified atom stereocenters. The molecule has 0 aliphatic rings. The molecule has 0 spiro atoms. The molecule has 1 heterocycles. The Bertz CT molecular complexity index is 543. The average Bonchev–Trinajstić information content (AvgIpc) is 2.63. The van der Waals surface area contributed by atoms with Crippen LogP contribution >= 0.6 is 39.1 Å². The molecule has 5 heteroatoms. The molecule has 0 aliphatic heterocycles. The van der Waals surface area contributed by atoms with E-state index < -0.39 is 0 Å². The monoisotopic (exact) mass is 347 g/mol. The van der Waals surface area contributed by atoms with E-state index in [0.29, 0.717) is 27.8 Å². The molecule has 2 rings (SSSR count). The zero-order valence-electron chi connectivity index (χ0n) is 9.71. The van der Waals surface area contributed by atoms with Crippen molar-refractivity contribution in [2.24, 2.45) is 5.73 Å². The minimum atomic E-state index is 0.0554. The molecule has 1 aromatic carbocycles. The molecular weight excluding hydrogens is 337 g/mol. The highest BCUT2D eigenvalue weighted by molar-refractivity contribution is 9.10. The zero-order chi connectivity index (χ0) is 13.3. The normalized spacial score (nSPS) is 12.7. The molecule has 18 heavy (non-hydrogen) atoms. The molecule has 0 bridgehead atoms. The second-order valence-electron chi connectivity index (χ2n) is 4.19. The summed E-state index contributed by atoms with van der Waals surface area (Å²) >= 11 is 15.7. The SMILES string of the molecule is CC(N)Cc1ccc(-c2c(Cl)cc(Br)cc2Cl)o1. The summed E-state index contributed by atoms with van der Waals surface area (Å²) in [6.07, 6.45) is 0.686. The molecule has 1 atom stereocenters. The number of hydrogen-bond donors (Lipinski definition) is 1. The van der Waals surface area contributed by atoms with Crippen LogP contribution in [-0.4, -0.2) is 6.04 Å². The van der Waals surface area contributed by atoms with Gasteiger partial charge >= 0.3 is 0 Å². The van der Waals surface area contributed by atoms with E-state index in [1.807, 2.05) is 19.1 Å².